The number of rotatable bonds is 6. The average molecular weight is 314 g/mol. The molecule has 0 aliphatic heterocycles. The van der Waals surface area contributed by atoms with Crippen LogP contribution in [-0.2, 0) is 4.74 Å². The Kier molecular flexibility index (Phi) is 3.65. The van der Waals surface area contributed by atoms with Crippen molar-refractivity contribution in [1.82, 2.24) is 19.5 Å². The van der Waals surface area contributed by atoms with Gasteiger partial charge in [-0.1, -0.05) is 12.2 Å². The van der Waals surface area contributed by atoms with E-state index in [4.69, 9.17) is 10.5 Å². The Bertz CT molecular complexity index is 735. The van der Waals surface area contributed by atoms with E-state index in [1.54, 1.807) is 0 Å². The first-order valence-corrected chi connectivity index (χ1v) is 8.27. The highest BCUT2D eigenvalue weighted by Gasteiger charge is 2.26. The molecule has 2 atom stereocenters. The van der Waals surface area contributed by atoms with Crippen molar-refractivity contribution in [2.75, 3.05) is 24.3 Å². The van der Waals surface area contributed by atoms with Crippen LogP contribution in [0.25, 0.3) is 11.2 Å². The average Bonchev–Trinajstić information content (AvgIpc) is 3.07. The minimum atomic E-state index is 0.244. The Labute approximate surface area is 135 Å². The molecule has 2 heterocycles. The van der Waals surface area contributed by atoms with Crippen molar-refractivity contribution in [2.24, 2.45) is 5.92 Å². The van der Waals surface area contributed by atoms with E-state index in [0.29, 0.717) is 12.0 Å². The number of hydrogen-bond donors (Lipinski definition) is 2. The van der Waals surface area contributed by atoms with E-state index < -0.39 is 0 Å². The number of nitrogens with two attached hydrogens (primary N) is 1. The van der Waals surface area contributed by atoms with E-state index in [2.05, 4.69) is 37.0 Å². The maximum absolute atomic E-state index is 5.90. The summed E-state index contributed by atoms with van der Waals surface area (Å²) >= 11 is 0. The summed E-state index contributed by atoms with van der Waals surface area (Å²) in [7, 11) is 0. The Morgan fingerprint density at radius 1 is 1.35 bits per heavy atom. The summed E-state index contributed by atoms with van der Waals surface area (Å²) in [6.07, 6.45) is 9.63. The molecule has 0 bridgehead atoms. The Hall–Kier alpha value is -2.15. The summed E-state index contributed by atoms with van der Waals surface area (Å²) in [6, 6.07) is 0.744. The first-order valence-electron chi connectivity index (χ1n) is 8.27. The van der Waals surface area contributed by atoms with Gasteiger partial charge in [0.05, 0.1) is 19.0 Å². The minimum absolute atomic E-state index is 0.244. The molecule has 7 heteroatoms. The van der Waals surface area contributed by atoms with Crippen LogP contribution in [0.15, 0.2) is 18.5 Å². The number of nitrogens with one attached hydrogen (secondary N) is 1. The number of imidazole rings is 1. The van der Waals surface area contributed by atoms with Crippen LogP contribution in [0.3, 0.4) is 0 Å². The molecule has 0 saturated heterocycles. The molecular weight excluding hydrogens is 292 g/mol. The van der Waals surface area contributed by atoms with Crippen molar-refractivity contribution in [3.8, 4) is 0 Å². The molecular formula is C16H22N6O. The molecule has 2 aliphatic carbocycles. The lowest BCUT2D eigenvalue weighted by atomic mass is 10.1. The molecule has 0 radical (unpaired) electrons. The highest BCUT2D eigenvalue weighted by Crippen LogP contribution is 2.33. The van der Waals surface area contributed by atoms with Crippen LogP contribution in [0.4, 0.5) is 11.8 Å². The molecule has 2 aliphatic rings. The van der Waals surface area contributed by atoms with Crippen LogP contribution in [0, 0.1) is 5.92 Å². The van der Waals surface area contributed by atoms with Crippen molar-refractivity contribution in [3.05, 3.63) is 18.5 Å². The van der Waals surface area contributed by atoms with Crippen molar-refractivity contribution in [1.29, 1.82) is 0 Å². The van der Waals surface area contributed by atoms with Gasteiger partial charge in [-0.2, -0.15) is 9.97 Å². The molecule has 2 aromatic heterocycles. The van der Waals surface area contributed by atoms with E-state index in [0.717, 1.165) is 36.6 Å². The fourth-order valence-electron chi connectivity index (χ4n) is 3.05. The van der Waals surface area contributed by atoms with Gasteiger partial charge in [0.25, 0.3) is 0 Å². The van der Waals surface area contributed by atoms with Gasteiger partial charge < -0.3 is 20.4 Å². The zero-order chi connectivity index (χ0) is 15.8. The fraction of sp³-hybridized carbons (Fsp3) is 0.562. The van der Waals surface area contributed by atoms with E-state index in [9.17, 15) is 0 Å². The number of fused-ring (bicyclic) bond motifs is 1. The number of nitrogen functional groups attached to an aromatic ring is 1. The predicted octanol–water partition coefficient (Wildman–Crippen LogP) is 2.14. The van der Waals surface area contributed by atoms with Gasteiger partial charge in [0, 0.05) is 18.6 Å². The number of allylic oxidation sites excluding steroid dienone is 1. The number of ether oxygens (including phenoxy) is 1. The Balaban J connectivity index is 1.61. The van der Waals surface area contributed by atoms with Crippen LogP contribution >= 0.6 is 0 Å². The Morgan fingerprint density at radius 3 is 3.00 bits per heavy atom. The second-order valence-electron chi connectivity index (χ2n) is 6.28. The fourth-order valence-corrected chi connectivity index (χ4v) is 3.05. The first-order chi connectivity index (χ1) is 11.2. The van der Waals surface area contributed by atoms with Gasteiger partial charge in [0.15, 0.2) is 17.0 Å². The zero-order valence-corrected chi connectivity index (χ0v) is 13.3. The highest BCUT2D eigenvalue weighted by molar-refractivity contribution is 5.84. The predicted molar refractivity (Wildman–Crippen MR) is 89.2 cm³/mol. The third-order valence-corrected chi connectivity index (χ3v) is 4.40. The summed E-state index contributed by atoms with van der Waals surface area (Å²) in [6.45, 7) is 3.54. The molecule has 1 unspecified atom stereocenters. The number of anilines is 2. The quantitative estimate of drug-likeness (QED) is 0.794. The van der Waals surface area contributed by atoms with Gasteiger partial charge in [-0.3, -0.25) is 0 Å². The molecule has 0 spiro atoms. The van der Waals surface area contributed by atoms with Gasteiger partial charge >= 0.3 is 0 Å². The summed E-state index contributed by atoms with van der Waals surface area (Å²) in [5.74, 6) is 1.48. The molecule has 1 saturated carbocycles. The minimum Gasteiger partial charge on any atom is -0.381 e. The van der Waals surface area contributed by atoms with Crippen LogP contribution in [0.5, 0.6) is 0 Å². The second kappa shape index (κ2) is 5.81. The van der Waals surface area contributed by atoms with Crippen LogP contribution in [0.2, 0.25) is 0 Å². The molecule has 23 heavy (non-hydrogen) atoms. The lowest BCUT2D eigenvalue weighted by Crippen LogP contribution is -2.11. The van der Waals surface area contributed by atoms with Crippen molar-refractivity contribution >= 4 is 22.9 Å². The third kappa shape index (κ3) is 2.88. The second-order valence-corrected chi connectivity index (χ2v) is 6.28. The van der Waals surface area contributed by atoms with Gasteiger partial charge in [-0.15, -0.1) is 0 Å². The van der Waals surface area contributed by atoms with Crippen LogP contribution < -0.4 is 11.1 Å². The lowest BCUT2D eigenvalue weighted by molar-refractivity contribution is 0.122. The molecule has 0 amide bonds. The van der Waals surface area contributed by atoms with E-state index in [-0.39, 0.29) is 12.0 Å². The summed E-state index contributed by atoms with van der Waals surface area (Å²) in [5, 5.41) is 3.40. The van der Waals surface area contributed by atoms with Crippen LogP contribution in [0.1, 0.15) is 32.2 Å². The zero-order valence-electron chi connectivity index (χ0n) is 13.3. The molecule has 122 valence electrons. The summed E-state index contributed by atoms with van der Waals surface area (Å²) in [4.78, 5) is 13.3. The van der Waals surface area contributed by atoms with Crippen molar-refractivity contribution in [3.63, 3.8) is 0 Å². The van der Waals surface area contributed by atoms with Crippen LogP contribution in [-0.4, -0.2) is 38.8 Å². The van der Waals surface area contributed by atoms with Gasteiger partial charge in [0.1, 0.15) is 0 Å². The molecule has 2 aromatic rings. The van der Waals surface area contributed by atoms with Gasteiger partial charge in [-0.25, -0.2) is 4.98 Å². The normalized spacial score (nSPS) is 23.7. The molecule has 0 aromatic carbocycles. The molecule has 3 N–H and O–H groups in total. The number of nitrogens with zero attached hydrogens (tertiary/aromatic N) is 4. The maximum Gasteiger partial charge on any atom is 0.224 e. The standard InChI is InChI=1S/C16H22N6O/c1-2-23-8-10-3-6-12(7-10)22-9-18-13-14(19-11-4-5-11)20-16(17)21-15(13)22/h3,6,9-12H,2,4-5,7-8H2,1H3,(H3,17,19,20,21)/t10-,12?/m1/s1. The summed E-state index contributed by atoms with van der Waals surface area (Å²) in [5.41, 5.74) is 7.50. The SMILES string of the molecule is CCOC[C@@H]1C=CC(n2cnc3c(NC4CC4)nc(N)nc32)C1. The lowest BCUT2D eigenvalue weighted by Gasteiger charge is -2.14. The largest absolute Gasteiger partial charge is 0.381 e. The topological polar surface area (TPSA) is 90.9 Å². The van der Waals surface area contributed by atoms with Gasteiger partial charge in [-0.05, 0) is 26.2 Å². The van der Waals surface area contributed by atoms with Gasteiger partial charge in [0.2, 0.25) is 5.95 Å². The monoisotopic (exact) mass is 314 g/mol. The number of hydrogen-bond acceptors (Lipinski definition) is 6. The number of aromatic nitrogens is 4. The molecule has 1 fully saturated rings. The maximum atomic E-state index is 5.90. The Morgan fingerprint density at radius 2 is 2.22 bits per heavy atom. The summed E-state index contributed by atoms with van der Waals surface area (Å²) < 4.78 is 7.62. The highest BCUT2D eigenvalue weighted by atomic mass is 16.5. The van der Waals surface area contributed by atoms with Crippen molar-refractivity contribution in [2.45, 2.75) is 38.3 Å². The third-order valence-electron chi connectivity index (χ3n) is 4.40. The molecule has 7 nitrogen and oxygen atoms in total. The van der Waals surface area contributed by atoms with E-state index in [1.807, 2.05) is 13.3 Å². The van der Waals surface area contributed by atoms with Crippen molar-refractivity contribution < 1.29 is 4.74 Å². The molecule has 4 rings (SSSR count). The first kappa shape index (κ1) is 14.4. The van der Waals surface area contributed by atoms with E-state index >= 15 is 0 Å². The smallest absolute Gasteiger partial charge is 0.224 e. The van der Waals surface area contributed by atoms with E-state index in [1.165, 1.54) is 12.8 Å².